The zero-order valence-electron chi connectivity index (χ0n) is 12.2. The molecule has 116 valence electrons. The zero-order chi connectivity index (χ0) is 16.2. The number of amides is 1. The minimum atomic E-state index is -1.04. The highest BCUT2D eigenvalue weighted by atomic mass is 19.1. The van der Waals surface area contributed by atoms with Gasteiger partial charge in [0.25, 0.3) is 5.91 Å². The molecule has 2 rings (SSSR count). The van der Waals surface area contributed by atoms with Gasteiger partial charge in [0.2, 0.25) is 0 Å². The van der Waals surface area contributed by atoms with Crippen LogP contribution < -0.4 is 5.32 Å². The van der Waals surface area contributed by atoms with Crippen molar-refractivity contribution in [2.24, 2.45) is 0 Å². The number of H-pyrrole nitrogens is 1. The largest absolute Gasteiger partial charge is 0.469 e. The van der Waals surface area contributed by atoms with Crippen LogP contribution in [0.4, 0.5) is 4.39 Å². The van der Waals surface area contributed by atoms with Crippen LogP contribution in [0, 0.1) is 5.82 Å². The van der Waals surface area contributed by atoms with Crippen molar-refractivity contribution in [3.63, 3.8) is 0 Å². The summed E-state index contributed by atoms with van der Waals surface area (Å²) in [5.41, 5.74) is -0.187. The van der Waals surface area contributed by atoms with Crippen LogP contribution >= 0.6 is 0 Å². The lowest BCUT2D eigenvalue weighted by Crippen LogP contribution is -2.45. The number of hydrogen-bond donors (Lipinski definition) is 2. The van der Waals surface area contributed by atoms with Crippen LogP contribution in [0.3, 0.4) is 0 Å². The molecule has 1 aromatic carbocycles. The molecule has 0 bridgehead atoms. The number of aromatic nitrogens is 2. The van der Waals surface area contributed by atoms with E-state index in [4.69, 9.17) is 0 Å². The fourth-order valence-corrected chi connectivity index (χ4v) is 2.10. The lowest BCUT2D eigenvalue weighted by atomic mass is 9.88. The third kappa shape index (κ3) is 3.49. The van der Waals surface area contributed by atoms with Crippen LogP contribution in [0.1, 0.15) is 29.4 Å². The molecule has 0 aliphatic carbocycles. The van der Waals surface area contributed by atoms with Crippen LogP contribution in [-0.2, 0) is 15.1 Å². The second-order valence-corrected chi connectivity index (χ2v) is 5.02. The number of carbonyl (C=O) groups is 2. The molecular weight excluding hydrogens is 289 g/mol. The van der Waals surface area contributed by atoms with Gasteiger partial charge in [-0.25, -0.2) is 4.39 Å². The maximum absolute atomic E-state index is 13.1. The first-order chi connectivity index (χ1) is 10.4. The van der Waals surface area contributed by atoms with E-state index in [1.807, 2.05) is 0 Å². The lowest BCUT2D eigenvalue weighted by molar-refractivity contribution is -0.142. The van der Waals surface area contributed by atoms with E-state index >= 15 is 0 Å². The maximum atomic E-state index is 13.1. The second-order valence-electron chi connectivity index (χ2n) is 5.02. The Kier molecular flexibility index (Phi) is 4.55. The highest BCUT2D eigenvalue weighted by molar-refractivity contribution is 5.93. The molecule has 22 heavy (non-hydrogen) atoms. The summed E-state index contributed by atoms with van der Waals surface area (Å²) < 4.78 is 17.8. The van der Waals surface area contributed by atoms with Gasteiger partial charge in [0.1, 0.15) is 11.5 Å². The topological polar surface area (TPSA) is 84.1 Å². The van der Waals surface area contributed by atoms with E-state index in [0.717, 1.165) is 0 Å². The predicted molar refractivity (Wildman–Crippen MR) is 76.4 cm³/mol. The first-order valence-electron chi connectivity index (χ1n) is 6.59. The number of nitrogens with one attached hydrogen (secondary N) is 2. The van der Waals surface area contributed by atoms with Crippen molar-refractivity contribution in [2.45, 2.75) is 18.9 Å². The number of methoxy groups -OCH3 is 1. The van der Waals surface area contributed by atoms with E-state index in [2.05, 4.69) is 20.3 Å². The Labute approximate surface area is 126 Å². The van der Waals surface area contributed by atoms with Crippen LogP contribution in [0.5, 0.6) is 0 Å². The van der Waals surface area contributed by atoms with Gasteiger partial charge in [-0.2, -0.15) is 5.10 Å². The van der Waals surface area contributed by atoms with Gasteiger partial charge in [-0.3, -0.25) is 14.7 Å². The summed E-state index contributed by atoms with van der Waals surface area (Å²) in [4.78, 5) is 23.9. The van der Waals surface area contributed by atoms with Gasteiger partial charge in [0, 0.05) is 6.20 Å². The minimum absolute atomic E-state index is 0.0883. The summed E-state index contributed by atoms with van der Waals surface area (Å²) >= 11 is 0. The third-order valence-corrected chi connectivity index (χ3v) is 3.34. The molecule has 0 radical (unpaired) electrons. The van der Waals surface area contributed by atoms with Gasteiger partial charge < -0.3 is 10.1 Å². The number of ether oxygens (including phenoxy) is 1. The summed E-state index contributed by atoms with van der Waals surface area (Å²) in [5.74, 6) is -1.31. The fourth-order valence-electron chi connectivity index (χ4n) is 2.10. The fraction of sp³-hybridized carbons (Fsp3) is 0.267. The number of aromatic amines is 1. The van der Waals surface area contributed by atoms with Crippen molar-refractivity contribution in [3.05, 3.63) is 53.6 Å². The molecule has 1 heterocycles. The van der Waals surface area contributed by atoms with E-state index in [-0.39, 0.29) is 12.1 Å². The molecule has 6 nitrogen and oxygen atoms in total. The SMILES string of the molecule is COC(=O)CC(C)(NC(=O)c1ccn[nH]1)c1ccc(F)cc1. The van der Waals surface area contributed by atoms with Crippen molar-refractivity contribution >= 4 is 11.9 Å². The molecule has 0 aliphatic heterocycles. The van der Waals surface area contributed by atoms with E-state index < -0.39 is 23.2 Å². The number of benzene rings is 1. The molecule has 2 N–H and O–H groups in total. The van der Waals surface area contributed by atoms with Crippen LogP contribution in [0.2, 0.25) is 0 Å². The van der Waals surface area contributed by atoms with Gasteiger partial charge in [-0.05, 0) is 30.7 Å². The maximum Gasteiger partial charge on any atom is 0.308 e. The van der Waals surface area contributed by atoms with E-state index in [0.29, 0.717) is 5.56 Å². The van der Waals surface area contributed by atoms with Crippen molar-refractivity contribution in [1.29, 1.82) is 0 Å². The van der Waals surface area contributed by atoms with Crippen molar-refractivity contribution < 1.29 is 18.7 Å². The molecule has 0 spiro atoms. The summed E-state index contributed by atoms with van der Waals surface area (Å²) in [5, 5.41) is 9.02. The van der Waals surface area contributed by atoms with Crippen molar-refractivity contribution in [3.8, 4) is 0 Å². The number of halogens is 1. The number of rotatable bonds is 5. The second kappa shape index (κ2) is 6.38. The molecule has 0 saturated heterocycles. The zero-order valence-corrected chi connectivity index (χ0v) is 12.2. The highest BCUT2D eigenvalue weighted by Gasteiger charge is 2.32. The summed E-state index contributed by atoms with van der Waals surface area (Å²) in [7, 11) is 1.27. The van der Waals surface area contributed by atoms with Crippen LogP contribution in [0.25, 0.3) is 0 Å². The minimum Gasteiger partial charge on any atom is -0.469 e. The normalized spacial score (nSPS) is 13.2. The Balaban J connectivity index is 2.30. The average Bonchev–Trinajstić information content (AvgIpc) is 3.01. The summed E-state index contributed by atoms with van der Waals surface area (Å²) in [6.07, 6.45) is 1.36. The molecule has 1 atom stereocenters. The molecule has 0 saturated carbocycles. The molecule has 0 fully saturated rings. The van der Waals surface area contributed by atoms with Gasteiger partial charge in [-0.1, -0.05) is 12.1 Å². The number of carbonyl (C=O) groups excluding carboxylic acids is 2. The van der Waals surface area contributed by atoms with E-state index in [9.17, 15) is 14.0 Å². The predicted octanol–water partition coefficient (Wildman–Crippen LogP) is 1.76. The molecule has 1 unspecified atom stereocenters. The monoisotopic (exact) mass is 305 g/mol. The van der Waals surface area contributed by atoms with Crippen LogP contribution in [-0.4, -0.2) is 29.2 Å². The van der Waals surface area contributed by atoms with E-state index in [1.165, 1.54) is 43.6 Å². The van der Waals surface area contributed by atoms with Crippen molar-refractivity contribution in [1.82, 2.24) is 15.5 Å². The lowest BCUT2D eigenvalue weighted by Gasteiger charge is -2.30. The first-order valence-corrected chi connectivity index (χ1v) is 6.59. The van der Waals surface area contributed by atoms with Gasteiger partial charge >= 0.3 is 5.97 Å². The van der Waals surface area contributed by atoms with Gasteiger partial charge in [-0.15, -0.1) is 0 Å². The summed E-state index contributed by atoms with van der Waals surface area (Å²) in [6.45, 7) is 1.67. The number of nitrogens with zero attached hydrogens (tertiary/aromatic N) is 1. The molecule has 1 amide bonds. The smallest absolute Gasteiger partial charge is 0.308 e. The Morgan fingerprint density at radius 1 is 1.32 bits per heavy atom. The van der Waals surface area contributed by atoms with E-state index in [1.54, 1.807) is 6.92 Å². The number of hydrogen-bond acceptors (Lipinski definition) is 4. The van der Waals surface area contributed by atoms with Gasteiger partial charge in [0.15, 0.2) is 0 Å². The van der Waals surface area contributed by atoms with Gasteiger partial charge in [0.05, 0.1) is 19.1 Å². The Morgan fingerprint density at radius 2 is 2.00 bits per heavy atom. The average molecular weight is 305 g/mol. The van der Waals surface area contributed by atoms with Crippen LogP contribution in [0.15, 0.2) is 36.5 Å². The Morgan fingerprint density at radius 3 is 2.55 bits per heavy atom. The Bertz CT molecular complexity index is 655. The molecule has 1 aromatic heterocycles. The summed E-state index contributed by atoms with van der Waals surface area (Å²) in [6, 6.07) is 7.09. The molecule has 7 heteroatoms. The highest BCUT2D eigenvalue weighted by Crippen LogP contribution is 2.26. The standard InChI is InChI=1S/C15H16FN3O3/c1-15(9-13(20)22-2,10-3-5-11(16)6-4-10)18-14(21)12-7-8-17-19-12/h3-8H,9H2,1-2H3,(H,17,19)(H,18,21). The third-order valence-electron chi connectivity index (χ3n) is 3.34. The molecular formula is C15H16FN3O3. The first kappa shape index (κ1) is 15.7. The van der Waals surface area contributed by atoms with Crippen molar-refractivity contribution in [2.75, 3.05) is 7.11 Å². The molecule has 2 aromatic rings. The number of esters is 1. The Hall–Kier alpha value is -2.70. The quantitative estimate of drug-likeness (QED) is 0.824. The molecule has 0 aliphatic rings.